The van der Waals surface area contributed by atoms with Crippen LogP contribution in [0.2, 0.25) is 0 Å². The summed E-state index contributed by atoms with van der Waals surface area (Å²) >= 11 is 3.22. The number of carbonyl (C=O) groups excluding carboxylic acids is 1. The Morgan fingerprint density at radius 2 is 2.24 bits per heavy atom. The van der Waals surface area contributed by atoms with Crippen molar-refractivity contribution < 1.29 is 14.6 Å². The molecule has 0 atom stereocenters. The van der Waals surface area contributed by atoms with Gasteiger partial charge in [0, 0.05) is 24.7 Å². The van der Waals surface area contributed by atoms with Crippen molar-refractivity contribution in [2.45, 2.75) is 12.8 Å². The molecule has 0 unspecified atom stereocenters. The molecule has 0 saturated heterocycles. The number of rotatable bonds is 6. The second-order valence-electron chi connectivity index (χ2n) is 3.62. The van der Waals surface area contributed by atoms with Crippen LogP contribution >= 0.6 is 15.9 Å². The van der Waals surface area contributed by atoms with Gasteiger partial charge in [-0.1, -0.05) is 15.9 Å². The van der Waals surface area contributed by atoms with Crippen LogP contribution in [0.3, 0.4) is 0 Å². The molecule has 0 radical (unpaired) electrons. The van der Waals surface area contributed by atoms with Crippen LogP contribution in [-0.2, 0) is 4.74 Å². The first kappa shape index (κ1) is 14.0. The van der Waals surface area contributed by atoms with Crippen molar-refractivity contribution in [3.8, 4) is 5.75 Å². The van der Waals surface area contributed by atoms with E-state index in [1.54, 1.807) is 19.2 Å². The van der Waals surface area contributed by atoms with Crippen molar-refractivity contribution in [1.29, 1.82) is 0 Å². The molecule has 1 amide bonds. The Kier molecular flexibility index (Phi) is 6.00. The second-order valence-corrected chi connectivity index (χ2v) is 4.53. The van der Waals surface area contributed by atoms with Gasteiger partial charge in [0.2, 0.25) is 0 Å². The van der Waals surface area contributed by atoms with Crippen LogP contribution < -0.4 is 5.32 Å². The average molecular weight is 302 g/mol. The molecule has 1 rings (SSSR count). The summed E-state index contributed by atoms with van der Waals surface area (Å²) in [5, 5.41) is 12.3. The molecule has 0 bridgehead atoms. The van der Waals surface area contributed by atoms with E-state index in [9.17, 15) is 9.90 Å². The maximum atomic E-state index is 11.7. The Morgan fingerprint density at radius 3 is 2.88 bits per heavy atom. The molecule has 0 aliphatic heterocycles. The number of carbonyl (C=O) groups is 1. The van der Waals surface area contributed by atoms with Crippen LogP contribution in [0.4, 0.5) is 0 Å². The number of hydrogen-bond donors (Lipinski definition) is 2. The zero-order chi connectivity index (χ0) is 12.7. The molecule has 0 aliphatic carbocycles. The topological polar surface area (TPSA) is 58.6 Å². The van der Waals surface area contributed by atoms with E-state index in [1.807, 2.05) is 0 Å². The van der Waals surface area contributed by atoms with Crippen LogP contribution in [0.5, 0.6) is 5.75 Å². The monoisotopic (exact) mass is 301 g/mol. The van der Waals surface area contributed by atoms with Gasteiger partial charge in [0.1, 0.15) is 5.75 Å². The zero-order valence-electron chi connectivity index (χ0n) is 9.70. The molecule has 0 spiro atoms. The Bertz CT molecular complexity index is 382. The molecule has 0 saturated carbocycles. The third-order valence-electron chi connectivity index (χ3n) is 2.27. The minimum absolute atomic E-state index is 0.0197. The Hall–Kier alpha value is -1.07. The van der Waals surface area contributed by atoms with Gasteiger partial charge < -0.3 is 15.2 Å². The van der Waals surface area contributed by atoms with Gasteiger partial charge in [0.05, 0.1) is 5.56 Å². The average Bonchev–Trinajstić information content (AvgIpc) is 2.28. The lowest BCUT2D eigenvalue weighted by Gasteiger charge is -2.06. The number of hydrogen-bond acceptors (Lipinski definition) is 3. The van der Waals surface area contributed by atoms with Gasteiger partial charge in [-0.15, -0.1) is 0 Å². The minimum atomic E-state index is -0.257. The van der Waals surface area contributed by atoms with Crippen molar-refractivity contribution in [1.82, 2.24) is 5.32 Å². The number of unbranched alkanes of at least 4 members (excludes halogenated alkanes) is 1. The highest BCUT2D eigenvalue weighted by Gasteiger charge is 2.10. The Morgan fingerprint density at radius 1 is 1.47 bits per heavy atom. The predicted octanol–water partition coefficient (Wildman–Crippen LogP) is 2.31. The van der Waals surface area contributed by atoms with Gasteiger partial charge in [-0.25, -0.2) is 0 Å². The normalized spacial score (nSPS) is 10.2. The molecule has 0 fully saturated rings. The summed E-state index contributed by atoms with van der Waals surface area (Å²) in [7, 11) is 1.65. The number of nitrogens with one attached hydrogen (secondary N) is 1. The van der Waals surface area contributed by atoms with E-state index in [2.05, 4.69) is 21.2 Å². The quantitative estimate of drug-likeness (QED) is 0.793. The third-order valence-corrected chi connectivity index (χ3v) is 2.76. The first-order chi connectivity index (χ1) is 8.15. The maximum Gasteiger partial charge on any atom is 0.255 e. The van der Waals surface area contributed by atoms with Crippen LogP contribution in [0.15, 0.2) is 22.7 Å². The van der Waals surface area contributed by atoms with E-state index >= 15 is 0 Å². The SMILES string of the molecule is COCCCCNC(=O)c1ccc(Br)cc1O. The van der Waals surface area contributed by atoms with Gasteiger partial charge in [-0.05, 0) is 31.0 Å². The van der Waals surface area contributed by atoms with Gasteiger partial charge in [-0.3, -0.25) is 4.79 Å². The number of benzene rings is 1. The summed E-state index contributed by atoms with van der Waals surface area (Å²) < 4.78 is 5.65. The fourth-order valence-corrected chi connectivity index (χ4v) is 1.71. The highest BCUT2D eigenvalue weighted by molar-refractivity contribution is 9.10. The predicted molar refractivity (Wildman–Crippen MR) is 69.3 cm³/mol. The molecule has 1 aromatic carbocycles. The van der Waals surface area contributed by atoms with Crippen LogP contribution in [-0.4, -0.2) is 31.3 Å². The lowest BCUT2D eigenvalue weighted by Crippen LogP contribution is -2.24. The van der Waals surface area contributed by atoms with Gasteiger partial charge in [-0.2, -0.15) is 0 Å². The van der Waals surface area contributed by atoms with Crippen molar-refractivity contribution in [2.75, 3.05) is 20.3 Å². The number of aromatic hydroxyl groups is 1. The molecule has 5 heteroatoms. The summed E-state index contributed by atoms with van der Waals surface area (Å²) in [6, 6.07) is 4.81. The molecule has 17 heavy (non-hydrogen) atoms. The van der Waals surface area contributed by atoms with Crippen molar-refractivity contribution in [2.24, 2.45) is 0 Å². The number of amides is 1. The fourth-order valence-electron chi connectivity index (χ4n) is 1.37. The highest BCUT2D eigenvalue weighted by Crippen LogP contribution is 2.21. The Labute approximate surface area is 109 Å². The molecule has 1 aromatic rings. The van der Waals surface area contributed by atoms with Gasteiger partial charge in [0.25, 0.3) is 5.91 Å². The molecule has 4 nitrogen and oxygen atoms in total. The molecule has 0 aliphatic rings. The molecule has 0 heterocycles. The molecule has 94 valence electrons. The first-order valence-electron chi connectivity index (χ1n) is 5.41. The van der Waals surface area contributed by atoms with Crippen molar-refractivity contribution in [3.63, 3.8) is 0 Å². The van der Waals surface area contributed by atoms with Crippen LogP contribution in [0.25, 0.3) is 0 Å². The van der Waals surface area contributed by atoms with E-state index in [1.165, 1.54) is 6.07 Å². The van der Waals surface area contributed by atoms with Crippen LogP contribution in [0.1, 0.15) is 23.2 Å². The van der Waals surface area contributed by atoms with E-state index in [4.69, 9.17) is 4.74 Å². The van der Waals surface area contributed by atoms with Crippen molar-refractivity contribution in [3.05, 3.63) is 28.2 Å². The summed E-state index contributed by atoms with van der Waals surface area (Å²) in [6.07, 6.45) is 1.76. The third kappa shape index (κ3) is 4.75. The summed E-state index contributed by atoms with van der Waals surface area (Å²) in [5.41, 5.74) is 0.292. The Balaban J connectivity index is 2.42. The second kappa shape index (κ2) is 7.29. The van der Waals surface area contributed by atoms with Gasteiger partial charge >= 0.3 is 0 Å². The van der Waals surface area contributed by atoms with Crippen molar-refractivity contribution >= 4 is 21.8 Å². The van der Waals surface area contributed by atoms with E-state index in [0.29, 0.717) is 18.7 Å². The van der Waals surface area contributed by atoms with Crippen LogP contribution in [0, 0.1) is 0 Å². The first-order valence-corrected chi connectivity index (χ1v) is 6.20. The molecule has 2 N–H and O–H groups in total. The van der Waals surface area contributed by atoms with Gasteiger partial charge in [0.15, 0.2) is 0 Å². The lowest BCUT2D eigenvalue weighted by molar-refractivity contribution is 0.0948. The minimum Gasteiger partial charge on any atom is -0.507 e. The summed E-state index contributed by atoms with van der Waals surface area (Å²) in [5.74, 6) is -0.277. The number of phenolic OH excluding ortho intramolecular Hbond substituents is 1. The van der Waals surface area contributed by atoms with E-state index in [0.717, 1.165) is 17.3 Å². The smallest absolute Gasteiger partial charge is 0.255 e. The number of halogens is 1. The largest absolute Gasteiger partial charge is 0.507 e. The number of ether oxygens (including phenoxy) is 1. The maximum absolute atomic E-state index is 11.7. The standard InChI is InChI=1S/C12H16BrNO3/c1-17-7-3-2-6-14-12(16)10-5-4-9(13)8-11(10)15/h4-5,8,15H,2-3,6-7H2,1H3,(H,14,16). The molecular formula is C12H16BrNO3. The zero-order valence-corrected chi connectivity index (χ0v) is 11.3. The molecular weight excluding hydrogens is 286 g/mol. The highest BCUT2D eigenvalue weighted by atomic mass is 79.9. The lowest BCUT2D eigenvalue weighted by atomic mass is 10.2. The fraction of sp³-hybridized carbons (Fsp3) is 0.417. The van der Waals surface area contributed by atoms with E-state index < -0.39 is 0 Å². The number of methoxy groups -OCH3 is 1. The number of phenols is 1. The summed E-state index contributed by atoms with van der Waals surface area (Å²) in [4.78, 5) is 11.7. The van der Waals surface area contributed by atoms with E-state index in [-0.39, 0.29) is 11.7 Å². The summed E-state index contributed by atoms with van der Waals surface area (Å²) in [6.45, 7) is 1.27. The molecule has 0 aromatic heterocycles.